The first-order valence-corrected chi connectivity index (χ1v) is 7.08. The quantitative estimate of drug-likeness (QED) is 0.799. The Labute approximate surface area is 130 Å². The zero-order valence-corrected chi connectivity index (χ0v) is 13.3. The Kier molecular flexibility index (Phi) is 4.45. The summed E-state index contributed by atoms with van der Waals surface area (Å²) in [7, 11) is 0. The van der Waals surface area contributed by atoms with E-state index in [4.69, 9.17) is 34.3 Å². The fourth-order valence-electron chi connectivity index (χ4n) is 1.63. The Morgan fingerprint density at radius 2 is 1.89 bits per heavy atom. The molecule has 98 valence electrons. The van der Waals surface area contributed by atoms with Gasteiger partial charge in [-0.15, -0.1) is 0 Å². The number of thiocarbonyl (C=S) groups is 1. The number of benzene rings is 2. The van der Waals surface area contributed by atoms with E-state index in [1.165, 1.54) is 0 Å². The van der Waals surface area contributed by atoms with Crippen molar-refractivity contribution in [2.24, 2.45) is 5.73 Å². The second-order valence-corrected chi connectivity index (χ2v) is 5.81. The summed E-state index contributed by atoms with van der Waals surface area (Å²) in [6.07, 6.45) is 0. The summed E-state index contributed by atoms with van der Waals surface area (Å²) in [6, 6.07) is 11.0. The van der Waals surface area contributed by atoms with E-state index in [0.717, 1.165) is 15.8 Å². The summed E-state index contributed by atoms with van der Waals surface area (Å²) < 4.78 is 6.87. The highest BCUT2D eigenvalue weighted by Crippen LogP contribution is 2.31. The topological polar surface area (TPSA) is 35.2 Å². The summed E-state index contributed by atoms with van der Waals surface area (Å²) >= 11 is 14.4. The molecular formula is C14H11BrClNOS. The van der Waals surface area contributed by atoms with Crippen LogP contribution in [0.4, 0.5) is 0 Å². The third kappa shape index (κ3) is 3.47. The normalized spacial score (nSPS) is 10.3. The minimum atomic E-state index is 0.257. The van der Waals surface area contributed by atoms with Crippen molar-refractivity contribution < 1.29 is 4.74 Å². The molecular weight excluding hydrogens is 346 g/mol. The van der Waals surface area contributed by atoms with Gasteiger partial charge < -0.3 is 10.5 Å². The van der Waals surface area contributed by atoms with Gasteiger partial charge in [0.05, 0.1) is 5.56 Å². The van der Waals surface area contributed by atoms with Crippen LogP contribution in [0.3, 0.4) is 0 Å². The van der Waals surface area contributed by atoms with Gasteiger partial charge in [-0.25, -0.2) is 0 Å². The lowest BCUT2D eigenvalue weighted by atomic mass is 10.2. The van der Waals surface area contributed by atoms with Gasteiger partial charge >= 0.3 is 0 Å². The van der Waals surface area contributed by atoms with Crippen molar-refractivity contribution in [1.29, 1.82) is 0 Å². The van der Waals surface area contributed by atoms with Crippen LogP contribution in [-0.2, 0) is 0 Å². The maximum Gasteiger partial charge on any atom is 0.137 e. The Hall–Kier alpha value is -1.10. The first kappa shape index (κ1) is 14.3. The zero-order valence-electron chi connectivity index (χ0n) is 10.1. The van der Waals surface area contributed by atoms with Crippen LogP contribution in [0.1, 0.15) is 11.1 Å². The molecule has 0 unspecified atom stereocenters. The predicted octanol–water partition coefficient (Wildman–Crippen LogP) is 4.84. The van der Waals surface area contributed by atoms with Crippen molar-refractivity contribution in [3.63, 3.8) is 0 Å². The van der Waals surface area contributed by atoms with E-state index in [0.29, 0.717) is 16.3 Å². The molecule has 2 N–H and O–H groups in total. The molecule has 2 rings (SSSR count). The maximum atomic E-state index is 5.94. The number of hydrogen-bond donors (Lipinski definition) is 1. The van der Waals surface area contributed by atoms with E-state index in [9.17, 15) is 0 Å². The number of aryl methyl sites for hydroxylation is 1. The molecule has 0 bridgehead atoms. The molecule has 0 aliphatic rings. The molecule has 2 aromatic rings. The Balaban J connectivity index is 2.40. The van der Waals surface area contributed by atoms with E-state index in [-0.39, 0.29) is 4.99 Å². The van der Waals surface area contributed by atoms with Gasteiger partial charge in [0.1, 0.15) is 16.5 Å². The summed E-state index contributed by atoms with van der Waals surface area (Å²) in [5.41, 5.74) is 7.33. The van der Waals surface area contributed by atoms with Gasteiger partial charge in [0, 0.05) is 9.50 Å². The number of ether oxygens (including phenoxy) is 1. The van der Waals surface area contributed by atoms with Crippen LogP contribution in [0.5, 0.6) is 11.5 Å². The lowest BCUT2D eigenvalue weighted by Crippen LogP contribution is -2.10. The molecule has 5 heteroatoms. The molecule has 0 aliphatic carbocycles. The molecule has 0 aliphatic heterocycles. The Bertz CT molecular complexity index is 645. The molecule has 19 heavy (non-hydrogen) atoms. The Morgan fingerprint density at radius 3 is 2.53 bits per heavy atom. The van der Waals surface area contributed by atoms with E-state index in [1.54, 1.807) is 18.2 Å². The SMILES string of the molecule is Cc1cc(Br)ccc1Oc1ccc(Cl)cc1C(N)=S. The average molecular weight is 357 g/mol. The largest absolute Gasteiger partial charge is 0.456 e. The van der Waals surface area contributed by atoms with Crippen LogP contribution in [-0.4, -0.2) is 4.99 Å². The molecule has 2 aromatic carbocycles. The Morgan fingerprint density at radius 1 is 1.21 bits per heavy atom. The first-order chi connectivity index (χ1) is 8.97. The summed E-state index contributed by atoms with van der Waals surface area (Å²) in [4.78, 5) is 0.257. The van der Waals surface area contributed by atoms with E-state index in [1.807, 2.05) is 25.1 Å². The van der Waals surface area contributed by atoms with Crippen molar-refractivity contribution in [2.45, 2.75) is 6.92 Å². The van der Waals surface area contributed by atoms with Gasteiger partial charge in [-0.2, -0.15) is 0 Å². The maximum absolute atomic E-state index is 5.94. The second-order valence-electron chi connectivity index (χ2n) is 4.02. The highest BCUT2D eigenvalue weighted by Gasteiger charge is 2.10. The van der Waals surface area contributed by atoms with Crippen LogP contribution in [0.2, 0.25) is 5.02 Å². The number of rotatable bonds is 3. The summed E-state index contributed by atoms with van der Waals surface area (Å²) in [5.74, 6) is 1.35. The van der Waals surface area contributed by atoms with Crippen molar-refractivity contribution >= 4 is 44.7 Å². The van der Waals surface area contributed by atoms with E-state index < -0.39 is 0 Å². The van der Waals surface area contributed by atoms with Crippen molar-refractivity contribution in [3.05, 3.63) is 57.0 Å². The monoisotopic (exact) mass is 355 g/mol. The van der Waals surface area contributed by atoms with Gasteiger partial charge in [0.25, 0.3) is 0 Å². The van der Waals surface area contributed by atoms with Crippen molar-refractivity contribution in [3.8, 4) is 11.5 Å². The highest BCUT2D eigenvalue weighted by molar-refractivity contribution is 9.10. The van der Waals surface area contributed by atoms with Crippen LogP contribution in [0.25, 0.3) is 0 Å². The highest BCUT2D eigenvalue weighted by atomic mass is 79.9. The molecule has 0 saturated carbocycles. The van der Waals surface area contributed by atoms with Gasteiger partial charge in [-0.05, 0) is 48.9 Å². The number of halogens is 2. The molecule has 0 amide bonds. The van der Waals surface area contributed by atoms with E-state index in [2.05, 4.69) is 15.9 Å². The van der Waals surface area contributed by atoms with Crippen molar-refractivity contribution in [1.82, 2.24) is 0 Å². The van der Waals surface area contributed by atoms with Crippen LogP contribution in [0, 0.1) is 6.92 Å². The standard InChI is InChI=1S/C14H11BrClNOS/c1-8-6-9(15)2-4-12(8)18-13-5-3-10(16)7-11(13)14(17)19/h2-7H,1H3,(H2,17,19). The lowest BCUT2D eigenvalue weighted by Gasteiger charge is -2.12. The third-order valence-electron chi connectivity index (χ3n) is 2.56. The molecule has 0 heterocycles. The third-order valence-corrected chi connectivity index (χ3v) is 3.51. The van der Waals surface area contributed by atoms with Crippen molar-refractivity contribution in [2.75, 3.05) is 0 Å². The average Bonchev–Trinajstić information content (AvgIpc) is 2.34. The zero-order chi connectivity index (χ0) is 14.0. The molecule has 0 spiro atoms. The number of nitrogens with two attached hydrogens (primary N) is 1. The van der Waals surface area contributed by atoms with Gasteiger partial charge in [0.2, 0.25) is 0 Å². The fraction of sp³-hybridized carbons (Fsp3) is 0.0714. The minimum Gasteiger partial charge on any atom is -0.456 e. The molecule has 0 fully saturated rings. The summed E-state index contributed by atoms with van der Waals surface area (Å²) in [6.45, 7) is 1.97. The first-order valence-electron chi connectivity index (χ1n) is 5.51. The predicted molar refractivity (Wildman–Crippen MR) is 86.3 cm³/mol. The molecule has 0 atom stereocenters. The minimum absolute atomic E-state index is 0.257. The van der Waals surface area contributed by atoms with Crippen LogP contribution >= 0.6 is 39.7 Å². The fourth-order valence-corrected chi connectivity index (χ4v) is 2.44. The number of hydrogen-bond acceptors (Lipinski definition) is 2. The molecule has 2 nitrogen and oxygen atoms in total. The molecule has 0 saturated heterocycles. The van der Waals surface area contributed by atoms with Crippen LogP contribution < -0.4 is 10.5 Å². The molecule has 0 aromatic heterocycles. The van der Waals surface area contributed by atoms with E-state index >= 15 is 0 Å². The van der Waals surface area contributed by atoms with Gasteiger partial charge in [-0.1, -0.05) is 39.7 Å². The summed E-state index contributed by atoms with van der Waals surface area (Å²) in [5, 5.41) is 0.572. The molecule has 0 radical (unpaired) electrons. The van der Waals surface area contributed by atoms with Gasteiger partial charge in [0.15, 0.2) is 0 Å². The van der Waals surface area contributed by atoms with Crippen LogP contribution in [0.15, 0.2) is 40.9 Å². The van der Waals surface area contributed by atoms with Gasteiger partial charge in [-0.3, -0.25) is 0 Å². The smallest absolute Gasteiger partial charge is 0.137 e. The second kappa shape index (κ2) is 5.90. The lowest BCUT2D eigenvalue weighted by molar-refractivity contribution is 0.478.